The highest BCUT2D eigenvalue weighted by Crippen LogP contribution is 2.35. The van der Waals surface area contributed by atoms with E-state index in [0.29, 0.717) is 0 Å². The van der Waals surface area contributed by atoms with Crippen LogP contribution < -0.4 is 11.1 Å². The van der Waals surface area contributed by atoms with Gasteiger partial charge in [-0.05, 0) is 45.0 Å². The normalized spacial score (nSPS) is 10.9. The zero-order valence-corrected chi connectivity index (χ0v) is 13.5. The Hall–Kier alpha value is -1.95. The SMILES string of the molecule is CC(=O)Nc1ccc(Sc2c(N)c(C)nn2C(C)C)cc1. The van der Waals surface area contributed by atoms with Crippen LogP contribution in [0.4, 0.5) is 11.4 Å². The van der Waals surface area contributed by atoms with Gasteiger partial charge >= 0.3 is 0 Å². The Kier molecular flexibility index (Phi) is 4.57. The number of aryl methyl sites for hydroxylation is 1. The topological polar surface area (TPSA) is 72.9 Å². The lowest BCUT2D eigenvalue weighted by atomic mass is 10.3. The molecule has 0 saturated carbocycles. The number of nitrogens with two attached hydrogens (primary N) is 1. The van der Waals surface area contributed by atoms with Crippen molar-refractivity contribution in [2.24, 2.45) is 0 Å². The van der Waals surface area contributed by atoms with Gasteiger partial charge in [0.25, 0.3) is 0 Å². The summed E-state index contributed by atoms with van der Waals surface area (Å²) in [5.41, 5.74) is 8.48. The summed E-state index contributed by atoms with van der Waals surface area (Å²) in [7, 11) is 0. The van der Waals surface area contributed by atoms with Crippen LogP contribution in [0, 0.1) is 6.92 Å². The van der Waals surface area contributed by atoms with Crippen molar-refractivity contribution < 1.29 is 4.79 Å². The predicted octanol–water partition coefficient (Wildman–Crippen LogP) is 3.46. The lowest BCUT2D eigenvalue weighted by molar-refractivity contribution is -0.114. The fourth-order valence-electron chi connectivity index (χ4n) is 1.91. The quantitative estimate of drug-likeness (QED) is 0.907. The van der Waals surface area contributed by atoms with Crippen molar-refractivity contribution in [3.8, 4) is 0 Å². The zero-order valence-electron chi connectivity index (χ0n) is 12.7. The Bertz CT molecular complexity index is 646. The van der Waals surface area contributed by atoms with Crippen LogP contribution in [0.3, 0.4) is 0 Å². The maximum atomic E-state index is 11.0. The van der Waals surface area contributed by atoms with E-state index in [2.05, 4.69) is 24.3 Å². The number of nitrogens with one attached hydrogen (secondary N) is 1. The van der Waals surface area contributed by atoms with E-state index < -0.39 is 0 Å². The maximum absolute atomic E-state index is 11.0. The van der Waals surface area contributed by atoms with Gasteiger partial charge in [0.05, 0.1) is 11.4 Å². The summed E-state index contributed by atoms with van der Waals surface area (Å²) < 4.78 is 1.94. The summed E-state index contributed by atoms with van der Waals surface area (Å²) >= 11 is 1.58. The Morgan fingerprint density at radius 2 is 1.95 bits per heavy atom. The summed E-state index contributed by atoms with van der Waals surface area (Å²) in [5.74, 6) is -0.0758. The van der Waals surface area contributed by atoms with E-state index in [1.165, 1.54) is 6.92 Å². The predicted molar refractivity (Wildman–Crippen MR) is 86.6 cm³/mol. The molecule has 0 spiro atoms. The van der Waals surface area contributed by atoms with E-state index in [9.17, 15) is 4.79 Å². The Labute approximate surface area is 128 Å². The zero-order chi connectivity index (χ0) is 15.6. The number of amides is 1. The first kappa shape index (κ1) is 15.4. The van der Waals surface area contributed by atoms with Crippen LogP contribution in [-0.4, -0.2) is 15.7 Å². The first-order valence-corrected chi connectivity index (χ1v) is 7.60. The third kappa shape index (κ3) is 3.58. The highest BCUT2D eigenvalue weighted by molar-refractivity contribution is 7.99. The van der Waals surface area contributed by atoms with Crippen molar-refractivity contribution in [1.82, 2.24) is 9.78 Å². The number of hydrogen-bond acceptors (Lipinski definition) is 4. The van der Waals surface area contributed by atoms with Gasteiger partial charge in [0.2, 0.25) is 5.91 Å². The molecule has 0 aliphatic heterocycles. The number of hydrogen-bond donors (Lipinski definition) is 2. The molecular weight excluding hydrogens is 284 g/mol. The lowest BCUT2D eigenvalue weighted by Gasteiger charge is -2.11. The molecule has 0 atom stereocenters. The monoisotopic (exact) mass is 304 g/mol. The van der Waals surface area contributed by atoms with E-state index in [-0.39, 0.29) is 11.9 Å². The minimum Gasteiger partial charge on any atom is -0.395 e. The van der Waals surface area contributed by atoms with Gasteiger partial charge in [-0.1, -0.05) is 11.8 Å². The number of benzene rings is 1. The van der Waals surface area contributed by atoms with Crippen molar-refractivity contribution in [2.45, 2.75) is 43.7 Å². The molecule has 0 saturated heterocycles. The largest absolute Gasteiger partial charge is 0.395 e. The Morgan fingerprint density at radius 3 is 2.48 bits per heavy atom. The standard InChI is InChI=1S/C15H20N4OS/c1-9(2)19-15(14(16)10(3)18-19)21-13-7-5-12(6-8-13)17-11(4)20/h5-9H,16H2,1-4H3,(H,17,20). The van der Waals surface area contributed by atoms with E-state index in [0.717, 1.165) is 27.0 Å². The van der Waals surface area contributed by atoms with Crippen LogP contribution in [0.25, 0.3) is 0 Å². The smallest absolute Gasteiger partial charge is 0.221 e. The molecule has 0 aliphatic rings. The Balaban J connectivity index is 2.24. The number of rotatable bonds is 4. The van der Waals surface area contributed by atoms with Gasteiger partial charge in [-0.3, -0.25) is 9.48 Å². The van der Waals surface area contributed by atoms with Gasteiger partial charge in [0.1, 0.15) is 5.03 Å². The molecule has 5 nitrogen and oxygen atoms in total. The minimum atomic E-state index is -0.0758. The van der Waals surface area contributed by atoms with Crippen molar-refractivity contribution in [1.29, 1.82) is 0 Å². The summed E-state index contributed by atoms with van der Waals surface area (Å²) in [6.07, 6.45) is 0. The summed E-state index contributed by atoms with van der Waals surface area (Å²) in [4.78, 5) is 12.1. The maximum Gasteiger partial charge on any atom is 0.221 e. The molecule has 0 aliphatic carbocycles. The van der Waals surface area contributed by atoms with Gasteiger partial charge in [-0.25, -0.2) is 0 Å². The van der Waals surface area contributed by atoms with Crippen LogP contribution in [-0.2, 0) is 4.79 Å². The molecule has 3 N–H and O–H groups in total. The number of aromatic nitrogens is 2. The fourth-order valence-corrected chi connectivity index (χ4v) is 3.01. The summed E-state index contributed by atoms with van der Waals surface area (Å²) in [6, 6.07) is 7.93. The molecule has 0 bridgehead atoms. The average Bonchev–Trinajstić information content (AvgIpc) is 2.69. The van der Waals surface area contributed by atoms with E-state index in [1.807, 2.05) is 35.9 Å². The van der Waals surface area contributed by atoms with Gasteiger partial charge in [0.15, 0.2) is 0 Å². The third-order valence-corrected chi connectivity index (χ3v) is 4.07. The van der Waals surface area contributed by atoms with Crippen molar-refractivity contribution in [2.75, 3.05) is 11.1 Å². The van der Waals surface area contributed by atoms with Crippen LogP contribution >= 0.6 is 11.8 Å². The van der Waals surface area contributed by atoms with E-state index in [1.54, 1.807) is 11.8 Å². The van der Waals surface area contributed by atoms with Crippen molar-refractivity contribution >= 4 is 29.0 Å². The number of carbonyl (C=O) groups excluding carboxylic acids is 1. The number of carbonyl (C=O) groups is 1. The second kappa shape index (κ2) is 6.22. The van der Waals surface area contributed by atoms with Crippen molar-refractivity contribution in [3.63, 3.8) is 0 Å². The van der Waals surface area contributed by atoms with Gasteiger partial charge in [-0.15, -0.1) is 0 Å². The molecule has 0 radical (unpaired) electrons. The van der Waals surface area contributed by atoms with Crippen molar-refractivity contribution in [3.05, 3.63) is 30.0 Å². The van der Waals surface area contributed by atoms with Gasteiger partial charge in [0, 0.05) is 23.5 Å². The lowest BCUT2D eigenvalue weighted by Crippen LogP contribution is -2.05. The molecular formula is C15H20N4OS. The van der Waals surface area contributed by atoms with Crippen LogP contribution in [0.2, 0.25) is 0 Å². The van der Waals surface area contributed by atoms with Crippen LogP contribution in [0.15, 0.2) is 34.2 Å². The third-order valence-electron chi connectivity index (χ3n) is 2.96. The molecule has 112 valence electrons. The van der Waals surface area contributed by atoms with E-state index in [4.69, 9.17) is 5.73 Å². The molecule has 1 heterocycles. The molecule has 2 rings (SSSR count). The minimum absolute atomic E-state index is 0.0758. The molecule has 1 aromatic carbocycles. The van der Waals surface area contributed by atoms with Crippen LogP contribution in [0.1, 0.15) is 32.5 Å². The van der Waals surface area contributed by atoms with E-state index >= 15 is 0 Å². The molecule has 21 heavy (non-hydrogen) atoms. The number of nitrogens with zero attached hydrogens (tertiary/aromatic N) is 2. The average molecular weight is 304 g/mol. The highest BCUT2D eigenvalue weighted by atomic mass is 32.2. The molecule has 1 amide bonds. The first-order chi connectivity index (χ1) is 9.88. The molecule has 6 heteroatoms. The molecule has 0 unspecified atom stereocenters. The summed E-state index contributed by atoms with van der Waals surface area (Å²) in [5, 5.41) is 8.18. The highest BCUT2D eigenvalue weighted by Gasteiger charge is 2.15. The number of nitrogen functional groups attached to an aromatic ring is 1. The first-order valence-electron chi connectivity index (χ1n) is 6.78. The summed E-state index contributed by atoms with van der Waals surface area (Å²) in [6.45, 7) is 7.57. The van der Waals surface area contributed by atoms with Gasteiger partial charge < -0.3 is 11.1 Å². The molecule has 1 aromatic heterocycles. The fraction of sp³-hybridized carbons (Fsp3) is 0.333. The molecule has 2 aromatic rings. The second-order valence-corrected chi connectivity index (χ2v) is 6.21. The molecule has 0 fully saturated rings. The second-order valence-electron chi connectivity index (χ2n) is 5.15. The number of anilines is 2. The van der Waals surface area contributed by atoms with Gasteiger partial charge in [-0.2, -0.15) is 5.10 Å². The van der Waals surface area contributed by atoms with Crippen LogP contribution in [0.5, 0.6) is 0 Å². The Morgan fingerprint density at radius 1 is 1.33 bits per heavy atom.